The summed E-state index contributed by atoms with van der Waals surface area (Å²) in [6.45, 7) is -0.615. The highest BCUT2D eigenvalue weighted by Gasteiger charge is 2.36. The molecule has 0 heterocycles. The van der Waals surface area contributed by atoms with E-state index >= 15 is 0 Å². The quantitative estimate of drug-likeness (QED) is 0.661. The highest BCUT2D eigenvalue weighted by Crippen LogP contribution is 2.27. The van der Waals surface area contributed by atoms with Gasteiger partial charge in [0, 0.05) is 6.54 Å². The molecule has 4 nitrogen and oxygen atoms in total. The molecule has 0 aromatic heterocycles. The van der Waals surface area contributed by atoms with Gasteiger partial charge in [-0.1, -0.05) is 0 Å². The van der Waals surface area contributed by atoms with Gasteiger partial charge in [0.15, 0.2) is 0 Å². The van der Waals surface area contributed by atoms with E-state index < -0.39 is 34.3 Å². The molecule has 0 spiro atoms. The molecule has 1 aliphatic carbocycles. The molecule has 1 aliphatic rings. The van der Waals surface area contributed by atoms with Crippen molar-refractivity contribution in [1.29, 1.82) is 0 Å². The Balaban J connectivity index is 2.33. The van der Waals surface area contributed by atoms with Gasteiger partial charge in [-0.05, 0) is 12.8 Å². The molecule has 0 amide bonds. The predicted octanol–water partition coefficient (Wildman–Crippen LogP) is -0.306. The standard InChI is InChI=1S/C6H11F2NO3S/c7-6(8)5(10)3-9-13(11,12)4-1-2-4/h4-6,9-10H,1-3H2. The molecular formula is C6H11F2NO3S. The van der Waals surface area contributed by atoms with Crippen LogP contribution in [0.5, 0.6) is 0 Å². The van der Waals surface area contributed by atoms with Gasteiger partial charge in [0.25, 0.3) is 6.43 Å². The lowest BCUT2D eigenvalue weighted by Crippen LogP contribution is -2.37. The molecule has 0 aromatic carbocycles. The highest BCUT2D eigenvalue weighted by atomic mass is 32.2. The van der Waals surface area contributed by atoms with E-state index in [0.29, 0.717) is 12.8 Å². The van der Waals surface area contributed by atoms with Crippen LogP contribution in [0.4, 0.5) is 8.78 Å². The Hall–Kier alpha value is -0.270. The molecule has 1 fully saturated rings. The molecule has 13 heavy (non-hydrogen) atoms. The largest absolute Gasteiger partial charge is 0.386 e. The van der Waals surface area contributed by atoms with Gasteiger partial charge in [-0.25, -0.2) is 21.9 Å². The fraction of sp³-hybridized carbons (Fsp3) is 1.00. The summed E-state index contributed by atoms with van der Waals surface area (Å²) in [5, 5.41) is 8.17. The zero-order valence-corrected chi connectivity index (χ0v) is 7.60. The summed E-state index contributed by atoms with van der Waals surface area (Å²) in [5.74, 6) is 0. The number of sulfonamides is 1. The van der Waals surface area contributed by atoms with Gasteiger partial charge in [0.2, 0.25) is 10.0 Å². The van der Waals surface area contributed by atoms with E-state index in [1.165, 1.54) is 0 Å². The lowest BCUT2D eigenvalue weighted by molar-refractivity contribution is -0.000456. The molecule has 0 radical (unpaired) electrons. The van der Waals surface area contributed by atoms with Crippen LogP contribution in [0.25, 0.3) is 0 Å². The van der Waals surface area contributed by atoms with Crippen LogP contribution in [0.3, 0.4) is 0 Å². The van der Waals surface area contributed by atoms with Crippen LogP contribution in [0.1, 0.15) is 12.8 Å². The number of aliphatic hydroxyl groups excluding tert-OH is 1. The van der Waals surface area contributed by atoms with Crippen molar-refractivity contribution in [3.05, 3.63) is 0 Å². The number of alkyl halides is 2. The fourth-order valence-corrected chi connectivity index (χ4v) is 2.18. The summed E-state index contributed by atoms with van der Waals surface area (Å²) in [6.07, 6.45) is -3.70. The minimum Gasteiger partial charge on any atom is -0.386 e. The second-order valence-electron chi connectivity index (χ2n) is 2.99. The molecule has 1 atom stereocenters. The van der Waals surface area contributed by atoms with Crippen molar-refractivity contribution in [3.63, 3.8) is 0 Å². The van der Waals surface area contributed by atoms with E-state index in [9.17, 15) is 17.2 Å². The maximum atomic E-state index is 11.7. The van der Waals surface area contributed by atoms with Crippen LogP contribution < -0.4 is 4.72 Å². The Morgan fingerprint density at radius 2 is 2.00 bits per heavy atom. The van der Waals surface area contributed by atoms with Crippen LogP contribution in [0, 0.1) is 0 Å². The topological polar surface area (TPSA) is 66.4 Å². The van der Waals surface area contributed by atoms with Crippen LogP contribution in [0.15, 0.2) is 0 Å². The average Bonchev–Trinajstić information content (AvgIpc) is 2.81. The van der Waals surface area contributed by atoms with Crippen molar-refractivity contribution in [1.82, 2.24) is 4.72 Å². The van der Waals surface area contributed by atoms with Gasteiger partial charge < -0.3 is 5.11 Å². The van der Waals surface area contributed by atoms with Crippen LogP contribution in [-0.2, 0) is 10.0 Å². The first-order chi connectivity index (χ1) is 5.93. The monoisotopic (exact) mass is 215 g/mol. The summed E-state index contributed by atoms with van der Waals surface area (Å²) in [7, 11) is -3.46. The predicted molar refractivity (Wildman–Crippen MR) is 42.0 cm³/mol. The number of hydrogen-bond donors (Lipinski definition) is 2. The summed E-state index contributed by atoms with van der Waals surface area (Å²) in [6, 6.07) is 0. The summed E-state index contributed by atoms with van der Waals surface area (Å²) in [4.78, 5) is 0. The molecule has 1 rings (SSSR count). The third-order valence-electron chi connectivity index (χ3n) is 1.75. The first-order valence-corrected chi connectivity index (χ1v) is 5.43. The van der Waals surface area contributed by atoms with E-state index in [0.717, 1.165) is 0 Å². The lowest BCUT2D eigenvalue weighted by Gasteiger charge is -2.10. The summed E-state index contributed by atoms with van der Waals surface area (Å²) in [5.41, 5.74) is 0. The Bertz CT molecular complexity index is 263. The molecule has 0 aromatic rings. The molecule has 7 heteroatoms. The van der Waals surface area contributed by atoms with Crippen molar-refractivity contribution in [2.45, 2.75) is 30.6 Å². The minimum absolute atomic E-state index is 0.447. The molecule has 0 saturated heterocycles. The molecule has 78 valence electrons. The van der Waals surface area contributed by atoms with E-state index in [1.54, 1.807) is 0 Å². The Labute approximate surface area is 75.0 Å². The number of nitrogens with one attached hydrogen (secondary N) is 1. The number of halogens is 2. The maximum Gasteiger partial charge on any atom is 0.265 e. The average molecular weight is 215 g/mol. The van der Waals surface area contributed by atoms with E-state index in [-0.39, 0.29) is 0 Å². The minimum atomic E-state index is -3.46. The lowest BCUT2D eigenvalue weighted by atomic mass is 10.4. The smallest absolute Gasteiger partial charge is 0.265 e. The van der Waals surface area contributed by atoms with Crippen molar-refractivity contribution >= 4 is 10.0 Å². The Morgan fingerprint density at radius 1 is 1.46 bits per heavy atom. The number of rotatable bonds is 5. The first kappa shape index (κ1) is 10.8. The highest BCUT2D eigenvalue weighted by molar-refractivity contribution is 7.90. The molecule has 1 unspecified atom stereocenters. The van der Waals surface area contributed by atoms with Gasteiger partial charge >= 0.3 is 0 Å². The van der Waals surface area contributed by atoms with Crippen molar-refractivity contribution in [2.24, 2.45) is 0 Å². The maximum absolute atomic E-state index is 11.7. The van der Waals surface area contributed by atoms with Crippen LogP contribution in [0.2, 0.25) is 0 Å². The van der Waals surface area contributed by atoms with Crippen molar-refractivity contribution in [2.75, 3.05) is 6.54 Å². The zero-order valence-electron chi connectivity index (χ0n) is 6.78. The van der Waals surface area contributed by atoms with Crippen LogP contribution in [-0.4, -0.2) is 37.8 Å². The van der Waals surface area contributed by atoms with Gasteiger partial charge in [-0.2, -0.15) is 0 Å². The molecule has 0 aliphatic heterocycles. The SMILES string of the molecule is O=S(=O)(NCC(O)C(F)F)C1CC1. The number of hydrogen-bond acceptors (Lipinski definition) is 3. The third kappa shape index (κ3) is 3.17. The molecule has 1 saturated carbocycles. The molecule has 2 N–H and O–H groups in total. The summed E-state index contributed by atoms with van der Waals surface area (Å²) < 4.78 is 47.5. The zero-order chi connectivity index (χ0) is 10.1. The summed E-state index contributed by atoms with van der Waals surface area (Å²) >= 11 is 0. The van der Waals surface area contributed by atoms with Crippen molar-refractivity contribution < 1.29 is 22.3 Å². The van der Waals surface area contributed by atoms with E-state index in [1.807, 2.05) is 4.72 Å². The molecular weight excluding hydrogens is 204 g/mol. The second kappa shape index (κ2) is 3.85. The third-order valence-corrected chi connectivity index (χ3v) is 3.67. The Kier molecular flexibility index (Phi) is 3.20. The van der Waals surface area contributed by atoms with Gasteiger partial charge in [0.05, 0.1) is 5.25 Å². The van der Waals surface area contributed by atoms with Gasteiger partial charge in [0.1, 0.15) is 6.10 Å². The van der Waals surface area contributed by atoms with E-state index in [4.69, 9.17) is 5.11 Å². The normalized spacial score (nSPS) is 20.6. The van der Waals surface area contributed by atoms with Crippen molar-refractivity contribution in [3.8, 4) is 0 Å². The molecule has 0 bridgehead atoms. The van der Waals surface area contributed by atoms with Gasteiger partial charge in [-0.3, -0.25) is 0 Å². The first-order valence-electron chi connectivity index (χ1n) is 3.88. The Morgan fingerprint density at radius 3 is 2.38 bits per heavy atom. The fourth-order valence-electron chi connectivity index (χ4n) is 0.787. The number of aliphatic hydroxyl groups is 1. The van der Waals surface area contributed by atoms with Crippen LogP contribution >= 0.6 is 0 Å². The van der Waals surface area contributed by atoms with Gasteiger partial charge in [-0.15, -0.1) is 0 Å². The van der Waals surface area contributed by atoms with E-state index in [2.05, 4.69) is 0 Å². The second-order valence-corrected chi connectivity index (χ2v) is 5.04.